The monoisotopic (exact) mass is 327 g/mol. The highest BCUT2D eigenvalue weighted by Crippen LogP contribution is 2.16. The number of hydrazine groups is 1. The number of aromatic nitrogens is 3. The summed E-state index contributed by atoms with van der Waals surface area (Å²) in [6, 6.07) is 8.31. The van der Waals surface area contributed by atoms with Crippen LogP contribution >= 0.6 is 0 Å². The Hall–Kier alpha value is -3.23. The molecular formula is C15H17N7O2. The maximum Gasteiger partial charge on any atom is 0.294 e. The Bertz CT molecular complexity index is 784. The smallest absolute Gasteiger partial charge is 0.286 e. The fourth-order valence-electron chi connectivity index (χ4n) is 2.17. The van der Waals surface area contributed by atoms with Crippen LogP contribution in [0.4, 0.5) is 11.6 Å². The molecule has 1 aliphatic rings. The Kier molecular flexibility index (Phi) is 4.23. The van der Waals surface area contributed by atoms with E-state index in [-0.39, 0.29) is 17.7 Å². The summed E-state index contributed by atoms with van der Waals surface area (Å²) in [6.07, 6.45) is 0.676. The molecule has 0 aliphatic carbocycles. The summed E-state index contributed by atoms with van der Waals surface area (Å²) < 4.78 is 0. The summed E-state index contributed by atoms with van der Waals surface area (Å²) in [5.41, 5.74) is 3.37. The number of amides is 2. The molecule has 0 spiro atoms. The summed E-state index contributed by atoms with van der Waals surface area (Å²) >= 11 is 0. The molecule has 2 heterocycles. The Labute approximate surface area is 138 Å². The van der Waals surface area contributed by atoms with Gasteiger partial charge >= 0.3 is 0 Å². The highest BCUT2D eigenvalue weighted by Gasteiger charge is 2.31. The highest BCUT2D eigenvalue weighted by molar-refractivity contribution is 6.43. The van der Waals surface area contributed by atoms with Crippen LogP contribution in [0.5, 0.6) is 0 Å². The van der Waals surface area contributed by atoms with Crippen molar-refractivity contribution in [2.75, 3.05) is 10.3 Å². The number of nitrogens with zero attached hydrogens (tertiary/aromatic N) is 4. The van der Waals surface area contributed by atoms with E-state index in [0.717, 1.165) is 0 Å². The summed E-state index contributed by atoms with van der Waals surface area (Å²) in [6.45, 7) is 3.55. The van der Waals surface area contributed by atoms with Gasteiger partial charge in [-0.2, -0.15) is 4.98 Å². The predicted octanol–water partition coefficient (Wildman–Crippen LogP) is 0.644. The van der Waals surface area contributed by atoms with E-state index >= 15 is 0 Å². The minimum Gasteiger partial charge on any atom is -0.286 e. The number of carbonyl (C=O) groups excluding carboxylic acids is 2. The van der Waals surface area contributed by atoms with Gasteiger partial charge in [0, 0.05) is 6.42 Å². The Balaban J connectivity index is 1.78. The first kappa shape index (κ1) is 15.7. The molecule has 3 rings (SSSR count). The first-order valence-corrected chi connectivity index (χ1v) is 7.54. The van der Waals surface area contributed by atoms with E-state index in [1.807, 2.05) is 13.0 Å². The molecule has 0 saturated carbocycles. The van der Waals surface area contributed by atoms with Crippen LogP contribution < -0.4 is 15.8 Å². The molecule has 1 aromatic heterocycles. The van der Waals surface area contributed by atoms with Gasteiger partial charge in [-0.15, -0.1) is 5.10 Å². The number of aromatic amines is 1. The third-order valence-corrected chi connectivity index (χ3v) is 3.44. The normalized spacial score (nSPS) is 17.2. The Morgan fingerprint density at radius 1 is 1.33 bits per heavy atom. The van der Waals surface area contributed by atoms with E-state index in [1.54, 1.807) is 31.2 Å². The zero-order valence-corrected chi connectivity index (χ0v) is 13.3. The van der Waals surface area contributed by atoms with Crippen LogP contribution in [0.25, 0.3) is 0 Å². The largest absolute Gasteiger partial charge is 0.294 e. The lowest BCUT2D eigenvalue weighted by Gasteiger charge is -2.30. The molecule has 1 aromatic carbocycles. The number of aliphatic imine (C=N–C) groups is 1. The number of nitrogens with one attached hydrogen (secondary N) is 3. The average Bonchev–Trinajstić information content (AvgIpc) is 3.05. The third kappa shape index (κ3) is 3.09. The second kappa shape index (κ2) is 6.49. The van der Waals surface area contributed by atoms with Gasteiger partial charge < -0.3 is 0 Å². The molecule has 24 heavy (non-hydrogen) atoms. The number of anilines is 2. The molecule has 9 heteroatoms. The SMILES string of the molecule is CCc1nc(NC(=O)C2=NC(C)C(=O)N(c3ccccc3)N2)n[nH]1. The summed E-state index contributed by atoms with van der Waals surface area (Å²) in [5.74, 6) is 0.0881. The van der Waals surface area contributed by atoms with Crippen molar-refractivity contribution in [2.45, 2.75) is 26.3 Å². The number of hydrogen-bond donors (Lipinski definition) is 3. The Morgan fingerprint density at radius 2 is 2.08 bits per heavy atom. The number of aryl methyl sites for hydroxylation is 1. The molecule has 0 bridgehead atoms. The van der Waals surface area contributed by atoms with Crippen molar-refractivity contribution in [3.63, 3.8) is 0 Å². The van der Waals surface area contributed by atoms with Gasteiger partial charge in [0.05, 0.1) is 5.69 Å². The van der Waals surface area contributed by atoms with Gasteiger partial charge in [-0.05, 0) is 19.1 Å². The fraction of sp³-hybridized carbons (Fsp3) is 0.267. The lowest BCUT2D eigenvalue weighted by Crippen LogP contribution is -2.57. The lowest BCUT2D eigenvalue weighted by atomic mass is 10.2. The molecule has 1 aliphatic heterocycles. The van der Waals surface area contributed by atoms with Crippen LogP contribution in [0.2, 0.25) is 0 Å². The molecule has 2 aromatic rings. The number of hydrogen-bond acceptors (Lipinski definition) is 6. The van der Waals surface area contributed by atoms with Gasteiger partial charge in [0.2, 0.25) is 11.8 Å². The van der Waals surface area contributed by atoms with E-state index < -0.39 is 11.9 Å². The van der Waals surface area contributed by atoms with Crippen molar-refractivity contribution >= 4 is 29.3 Å². The van der Waals surface area contributed by atoms with Crippen LogP contribution in [0.3, 0.4) is 0 Å². The van der Waals surface area contributed by atoms with E-state index in [1.165, 1.54) is 5.01 Å². The van der Waals surface area contributed by atoms with E-state index in [9.17, 15) is 9.59 Å². The summed E-state index contributed by atoms with van der Waals surface area (Å²) in [4.78, 5) is 32.9. The van der Waals surface area contributed by atoms with Crippen molar-refractivity contribution in [2.24, 2.45) is 4.99 Å². The molecule has 1 atom stereocenters. The first-order chi connectivity index (χ1) is 11.6. The second-order valence-electron chi connectivity index (χ2n) is 5.19. The average molecular weight is 327 g/mol. The molecule has 124 valence electrons. The molecule has 0 saturated heterocycles. The number of carbonyl (C=O) groups is 2. The molecule has 3 N–H and O–H groups in total. The number of rotatable bonds is 4. The van der Waals surface area contributed by atoms with Gasteiger partial charge in [0.15, 0.2) is 0 Å². The zero-order valence-electron chi connectivity index (χ0n) is 13.3. The highest BCUT2D eigenvalue weighted by atomic mass is 16.2. The van der Waals surface area contributed by atoms with Crippen molar-refractivity contribution in [3.8, 4) is 0 Å². The first-order valence-electron chi connectivity index (χ1n) is 7.54. The van der Waals surface area contributed by atoms with Gasteiger partial charge in [0.25, 0.3) is 11.8 Å². The molecule has 2 amide bonds. The third-order valence-electron chi connectivity index (χ3n) is 3.44. The van der Waals surface area contributed by atoms with Gasteiger partial charge in [0.1, 0.15) is 11.9 Å². The quantitative estimate of drug-likeness (QED) is 0.762. The molecule has 0 radical (unpaired) electrons. The van der Waals surface area contributed by atoms with Crippen LogP contribution in [-0.2, 0) is 16.0 Å². The van der Waals surface area contributed by atoms with Crippen molar-refractivity contribution in [1.29, 1.82) is 0 Å². The molecule has 9 nitrogen and oxygen atoms in total. The van der Waals surface area contributed by atoms with Crippen molar-refractivity contribution < 1.29 is 9.59 Å². The van der Waals surface area contributed by atoms with Gasteiger partial charge in [-0.1, -0.05) is 25.1 Å². The number of benzene rings is 1. The van der Waals surface area contributed by atoms with Crippen LogP contribution in [0.15, 0.2) is 35.3 Å². The molecule has 1 unspecified atom stereocenters. The van der Waals surface area contributed by atoms with Crippen molar-refractivity contribution in [1.82, 2.24) is 20.6 Å². The number of para-hydroxylation sites is 1. The number of H-pyrrole nitrogens is 1. The standard InChI is InChI=1S/C15H17N7O2/c1-3-11-17-15(20-19-11)18-13(23)12-16-9(2)14(24)22(21-12)10-7-5-4-6-8-10/h4-9H,3H2,1-2H3,(H,16,21)(H2,17,18,19,20,23). The lowest BCUT2D eigenvalue weighted by molar-refractivity contribution is -0.120. The zero-order chi connectivity index (χ0) is 17.1. The predicted molar refractivity (Wildman–Crippen MR) is 88.4 cm³/mol. The van der Waals surface area contributed by atoms with Crippen LogP contribution in [-0.4, -0.2) is 38.9 Å². The number of amidine groups is 1. The summed E-state index contributed by atoms with van der Waals surface area (Å²) in [5, 5.41) is 10.5. The second-order valence-corrected chi connectivity index (χ2v) is 5.19. The Morgan fingerprint density at radius 3 is 2.75 bits per heavy atom. The molecular weight excluding hydrogens is 310 g/mol. The summed E-state index contributed by atoms with van der Waals surface area (Å²) in [7, 11) is 0. The van der Waals surface area contributed by atoms with E-state index in [4.69, 9.17) is 0 Å². The molecule has 0 fully saturated rings. The maximum atomic E-state index is 12.4. The minimum absolute atomic E-state index is 0.0220. The van der Waals surface area contributed by atoms with Crippen LogP contribution in [0, 0.1) is 0 Å². The minimum atomic E-state index is -0.675. The van der Waals surface area contributed by atoms with Crippen LogP contribution in [0.1, 0.15) is 19.7 Å². The van der Waals surface area contributed by atoms with E-state index in [0.29, 0.717) is 17.9 Å². The topological polar surface area (TPSA) is 115 Å². The van der Waals surface area contributed by atoms with Gasteiger partial charge in [-0.3, -0.25) is 25.4 Å². The maximum absolute atomic E-state index is 12.4. The van der Waals surface area contributed by atoms with E-state index in [2.05, 4.69) is 30.9 Å². The van der Waals surface area contributed by atoms with Crippen molar-refractivity contribution in [3.05, 3.63) is 36.2 Å². The van der Waals surface area contributed by atoms with Gasteiger partial charge in [-0.25, -0.2) is 10.0 Å². The fourth-order valence-corrected chi connectivity index (χ4v) is 2.17.